The Bertz CT molecular complexity index is 374. The van der Waals surface area contributed by atoms with Crippen molar-refractivity contribution in [1.29, 1.82) is 0 Å². The smallest absolute Gasteiger partial charge is 0.325 e. The summed E-state index contributed by atoms with van der Waals surface area (Å²) in [6.07, 6.45) is 2.17. The van der Waals surface area contributed by atoms with Crippen LogP contribution in [0.4, 0.5) is 0 Å². The fourth-order valence-corrected chi connectivity index (χ4v) is 2.25. The molecule has 1 aliphatic heterocycles. The maximum Gasteiger partial charge on any atom is 0.325 e. The summed E-state index contributed by atoms with van der Waals surface area (Å²) in [5, 5.41) is 12.4. The van der Waals surface area contributed by atoms with E-state index in [1.807, 2.05) is 30.3 Å². The Morgan fingerprint density at radius 3 is 2.83 bits per heavy atom. The van der Waals surface area contributed by atoms with Gasteiger partial charge in [-0.25, -0.2) is 0 Å². The lowest BCUT2D eigenvalue weighted by molar-refractivity contribution is -0.139. The van der Waals surface area contributed by atoms with Crippen LogP contribution in [0.25, 0.3) is 0 Å². The van der Waals surface area contributed by atoms with Crippen molar-refractivity contribution in [2.45, 2.75) is 18.9 Å². The van der Waals surface area contributed by atoms with Crippen LogP contribution in [-0.2, 0) is 9.53 Å². The predicted molar refractivity (Wildman–Crippen MR) is 68.4 cm³/mol. The van der Waals surface area contributed by atoms with Crippen LogP contribution in [0.1, 0.15) is 24.4 Å². The zero-order chi connectivity index (χ0) is 12.8. The Morgan fingerprint density at radius 1 is 1.44 bits per heavy atom. The molecule has 2 atom stereocenters. The van der Waals surface area contributed by atoms with Gasteiger partial charge in [0.05, 0.1) is 6.61 Å². The summed E-state index contributed by atoms with van der Waals surface area (Å²) >= 11 is 0. The van der Waals surface area contributed by atoms with E-state index in [1.165, 1.54) is 0 Å². The van der Waals surface area contributed by atoms with Crippen LogP contribution >= 0.6 is 0 Å². The van der Waals surface area contributed by atoms with Gasteiger partial charge in [0.2, 0.25) is 0 Å². The van der Waals surface area contributed by atoms with E-state index in [2.05, 4.69) is 5.32 Å². The number of nitrogens with one attached hydrogen (secondary N) is 1. The molecule has 2 rings (SSSR count). The van der Waals surface area contributed by atoms with Gasteiger partial charge in [0.25, 0.3) is 0 Å². The van der Waals surface area contributed by atoms with Crippen LogP contribution in [-0.4, -0.2) is 30.8 Å². The van der Waals surface area contributed by atoms with Crippen molar-refractivity contribution in [3.63, 3.8) is 0 Å². The molecular formula is C14H19NO3. The molecular weight excluding hydrogens is 230 g/mol. The number of carboxylic acids is 1. The van der Waals surface area contributed by atoms with Crippen LogP contribution in [0, 0.1) is 5.92 Å². The Labute approximate surface area is 107 Å². The Morgan fingerprint density at radius 2 is 2.22 bits per heavy atom. The van der Waals surface area contributed by atoms with E-state index in [9.17, 15) is 9.90 Å². The number of hydrogen-bond acceptors (Lipinski definition) is 3. The molecule has 0 radical (unpaired) electrons. The third kappa shape index (κ3) is 3.55. The molecule has 98 valence electrons. The minimum Gasteiger partial charge on any atom is -0.480 e. The fourth-order valence-electron chi connectivity index (χ4n) is 2.25. The van der Waals surface area contributed by atoms with Crippen LogP contribution in [0.5, 0.6) is 0 Å². The molecule has 1 saturated heterocycles. The van der Waals surface area contributed by atoms with Gasteiger partial charge >= 0.3 is 5.97 Å². The van der Waals surface area contributed by atoms with Crippen LogP contribution in [0.15, 0.2) is 30.3 Å². The predicted octanol–water partition coefficient (Wildman–Crippen LogP) is 1.83. The molecule has 0 bridgehead atoms. The lowest BCUT2D eigenvalue weighted by Gasteiger charge is -2.24. The van der Waals surface area contributed by atoms with Crippen molar-refractivity contribution in [1.82, 2.24) is 5.32 Å². The van der Waals surface area contributed by atoms with Crippen molar-refractivity contribution < 1.29 is 14.6 Å². The highest BCUT2D eigenvalue weighted by Gasteiger charge is 2.21. The summed E-state index contributed by atoms with van der Waals surface area (Å²) in [4.78, 5) is 11.3. The average molecular weight is 249 g/mol. The summed E-state index contributed by atoms with van der Waals surface area (Å²) in [5.74, 6) is -0.415. The summed E-state index contributed by atoms with van der Waals surface area (Å²) < 4.78 is 5.39. The zero-order valence-corrected chi connectivity index (χ0v) is 10.3. The van der Waals surface area contributed by atoms with Gasteiger partial charge in [-0.2, -0.15) is 0 Å². The molecule has 1 aromatic rings. The fraction of sp³-hybridized carbons (Fsp3) is 0.500. The van der Waals surface area contributed by atoms with Gasteiger partial charge in [0, 0.05) is 13.2 Å². The van der Waals surface area contributed by atoms with E-state index in [1.54, 1.807) is 0 Å². The monoisotopic (exact) mass is 249 g/mol. The first kappa shape index (κ1) is 13.1. The van der Waals surface area contributed by atoms with Crippen LogP contribution < -0.4 is 5.32 Å². The molecule has 1 heterocycles. The van der Waals surface area contributed by atoms with Crippen molar-refractivity contribution in [3.05, 3.63) is 35.9 Å². The highest BCUT2D eigenvalue weighted by molar-refractivity contribution is 5.75. The molecule has 0 aromatic heterocycles. The topological polar surface area (TPSA) is 58.6 Å². The lowest BCUT2D eigenvalue weighted by Crippen LogP contribution is -2.35. The molecule has 0 spiro atoms. The summed E-state index contributed by atoms with van der Waals surface area (Å²) in [6, 6.07) is 8.64. The molecule has 1 fully saturated rings. The number of rotatable bonds is 5. The second kappa shape index (κ2) is 6.52. The molecule has 1 aliphatic rings. The molecule has 0 aliphatic carbocycles. The summed E-state index contributed by atoms with van der Waals surface area (Å²) in [6.45, 7) is 2.25. The molecule has 1 aromatic carbocycles. The van der Waals surface area contributed by atoms with Gasteiger partial charge in [-0.1, -0.05) is 30.3 Å². The number of hydrogen-bond donors (Lipinski definition) is 2. The number of carboxylic acid groups (broad SMARTS) is 1. The van der Waals surface area contributed by atoms with E-state index in [0.29, 0.717) is 12.5 Å². The number of ether oxygens (including phenoxy) is 1. The van der Waals surface area contributed by atoms with E-state index in [4.69, 9.17) is 4.74 Å². The Balaban J connectivity index is 1.92. The molecule has 2 N–H and O–H groups in total. The van der Waals surface area contributed by atoms with Gasteiger partial charge in [-0.3, -0.25) is 4.79 Å². The molecule has 0 amide bonds. The third-order valence-corrected chi connectivity index (χ3v) is 3.25. The van der Waals surface area contributed by atoms with Crippen molar-refractivity contribution >= 4 is 5.97 Å². The lowest BCUT2D eigenvalue weighted by atomic mass is 10.0. The number of benzene rings is 1. The van der Waals surface area contributed by atoms with Gasteiger partial charge in [0.1, 0.15) is 6.04 Å². The largest absolute Gasteiger partial charge is 0.480 e. The van der Waals surface area contributed by atoms with E-state index >= 15 is 0 Å². The van der Waals surface area contributed by atoms with Crippen molar-refractivity contribution in [3.8, 4) is 0 Å². The summed E-state index contributed by atoms with van der Waals surface area (Å²) in [7, 11) is 0. The van der Waals surface area contributed by atoms with Gasteiger partial charge in [-0.05, 0) is 24.3 Å². The van der Waals surface area contributed by atoms with E-state index < -0.39 is 12.0 Å². The average Bonchev–Trinajstić information content (AvgIpc) is 2.41. The zero-order valence-electron chi connectivity index (χ0n) is 10.3. The highest BCUT2D eigenvalue weighted by Crippen LogP contribution is 2.16. The first-order chi connectivity index (χ1) is 8.77. The SMILES string of the molecule is O=C(O)C(NCC1CCCOC1)c1ccccc1. The number of aliphatic carboxylic acids is 1. The molecule has 0 saturated carbocycles. The Kier molecular flexibility index (Phi) is 4.73. The third-order valence-electron chi connectivity index (χ3n) is 3.25. The first-order valence-corrected chi connectivity index (χ1v) is 6.36. The Hall–Kier alpha value is -1.39. The van der Waals surface area contributed by atoms with Crippen LogP contribution in [0.2, 0.25) is 0 Å². The highest BCUT2D eigenvalue weighted by atomic mass is 16.5. The van der Waals surface area contributed by atoms with E-state index in [0.717, 1.165) is 31.6 Å². The molecule has 4 nitrogen and oxygen atoms in total. The van der Waals surface area contributed by atoms with Gasteiger partial charge in [0.15, 0.2) is 0 Å². The molecule has 4 heteroatoms. The first-order valence-electron chi connectivity index (χ1n) is 6.36. The summed E-state index contributed by atoms with van der Waals surface area (Å²) in [5.41, 5.74) is 0.793. The quantitative estimate of drug-likeness (QED) is 0.836. The minimum atomic E-state index is -0.835. The van der Waals surface area contributed by atoms with Crippen molar-refractivity contribution in [2.75, 3.05) is 19.8 Å². The molecule has 18 heavy (non-hydrogen) atoms. The molecule has 2 unspecified atom stereocenters. The number of carbonyl (C=O) groups is 1. The second-order valence-corrected chi connectivity index (χ2v) is 4.67. The van der Waals surface area contributed by atoms with E-state index in [-0.39, 0.29) is 0 Å². The second-order valence-electron chi connectivity index (χ2n) is 4.67. The van der Waals surface area contributed by atoms with Gasteiger partial charge in [-0.15, -0.1) is 0 Å². The van der Waals surface area contributed by atoms with Crippen LogP contribution in [0.3, 0.4) is 0 Å². The minimum absolute atomic E-state index is 0.421. The maximum atomic E-state index is 11.3. The standard InChI is InChI=1S/C14H19NO3/c16-14(17)13(12-6-2-1-3-7-12)15-9-11-5-4-8-18-10-11/h1-3,6-7,11,13,15H,4-5,8-10H2,(H,16,17). The van der Waals surface area contributed by atoms with Gasteiger partial charge < -0.3 is 15.2 Å². The maximum absolute atomic E-state index is 11.3. The van der Waals surface area contributed by atoms with Crippen molar-refractivity contribution in [2.24, 2.45) is 5.92 Å². The normalized spacial score (nSPS) is 21.4.